The Morgan fingerprint density at radius 1 is 1.17 bits per heavy atom. The first-order valence-electron chi connectivity index (χ1n) is 13.1. The summed E-state index contributed by atoms with van der Waals surface area (Å²) in [5, 5.41) is 3.11. The van der Waals surface area contributed by atoms with Crippen molar-refractivity contribution >= 4 is 26.8 Å². The molecule has 9 nitrogen and oxygen atoms in total. The van der Waals surface area contributed by atoms with Crippen molar-refractivity contribution in [2.45, 2.75) is 62.9 Å². The molecule has 2 heterocycles. The first-order valence-corrected chi connectivity index (χ1v) is 14.5. The van der Waals surface area contributed by atoms with Gasteiger partial charge in [-0.1, -0.05) is 19.3 Å². The molecule has 1 amide bonds. The highest BCUT2D eigenvalue weighted by molar-refractivity contribution is 7.89. The molecule has 2 fully saturated rings. The molecule has 1 aliphatic heterocycles. The Balaban J connectivity index is 1.55. The predicted molar refractivity (Wildman–Crippen MR) is 140 cm³/mol. The number of aryl methyl sites for hydroxylation is 1. The maximum Gasteiger partial charge on any atom is 0.256 e. The van der Waals surface area contributed by atoms with Crippen molar-refractivity contribution in [2.75, 3.05) is 46.4 Å². The standard InChI is InChI=1S/C26H38N4O5S/c1-3-30-19-23(26(32)27-12-7-13-29-14-16-35-17-15-29)25(31)22-18-21(10-11-24(22)30)36(33,34)28(2)20-8-5-4-6-9-20/h10-11,18-20H,3-9,12-17H2,1-2H3,(H,27,32). The van der Waals surface area contributed by atoms with Crippen LogP contribution < -0.4 is 10.7 Å². The molecule has 0 spiro atoms. The third-order valence-corrected chi connectivity index (χ3v) is 9.35. The van der Waals surface area contributed by atoms with Crippen LogP contribution in [0.4, 0.5) is 0 Å². The molecule has 36 heavy (non-hydrogen) atoms. The SMILES string of the molecule is CCn1cc(C(=O)NCCCN2CCOCC2)c(=O)c2cc(S(=O)(=O)N(C)C3CCCCC3)ccc21. The van der Waals surface area contributed by atoms with Gasteiger partial charge in [0, 0.05) is 50.9 Å². The Morgan fingerprint density at radius 3 is 2.58 bits per heavy atom. The highest BCUT2D eigenvalue weighted by Gasteiger charge is 2.29. The van der Waals surface area contributed by atoms with E-state index in [0.29, 0.717) is 18.6 Å². The first-order chi connectivity index (χ1) is 17.3. The van der Waals surface area contributed by atoms with Crippen molar-refractivity contribution < 1.29 is 17.9 Å². The molecule has 1 saturated heterocycles. The third kappa shape index (κ3) is 5.82. The minimum absolute atomic E-state index is 0.0266. The monoisotopic (exact) mass is 518 g/mol. The van der Waals surface area contributed by atoms with Gasteiger partial charge >= 0.3 is 0 Å². The summed E-state index contributed by atoms with van der Waals surface area (Å²) in [4.78, 5) is 28.7. The molecule has 1 aromatic carbocycles. The normalized spacial score (nSPS) is 18.1. The smallest absolute Gasteiger partial charge is 0.256 e. The van der Waals surface area contributed by atoms with Crippen molar-refractivity contribution in [1.82, 2.24) is 19.1 Å². The summed E-state index contributed by atoms with van der Waals surface area (Å²) in [5.74, 6) is -0.432. The van der Waals surface area contributed by atoms with Crippen LogP contribution in [-0.4, -0.2) is 80.6 Å². The molecule has 1 aliphatic carbocycles. The average Bonchev–Trinajstić information content (AvgIpc) is 2.91. The number of hydrogen-bond donors (Lipinski definition) is 1. The summed E-state index contributed by atoms with van der Waals surface area (Å²) in [6.07, 6.45) is 7.23. The Morgan fingerprint density at radius 2 is 1.89 bits per heavy atom. The van der Waals surface area contributed by atoms with Crippen LogP contribution in [0.3, 0.4) is 0 Å². The van der Waals surface area contributed by atoms with Crippen molar-refractivity contribution in [3.05, 3.63) is 40.2 Å². The van der Waals surface area contributed by atoms with Gasteiger partial charge in [-0.05, 0) is 50.9 Å². The van der Waals surface area contributed by atoms with Gasteiger partial charge in [0.05, 0.1) is 23.6 Å². The van der Waals surface area contributed by atoms with E-state index in [0.717, 1.165) is 71.4 Å². The maximum atomic E-state index is 13.4. The molecule has 1 aromatic heterocycles. The summed E-state index contributed by atoms with van der Waals surface area (Å²) in [5.41, 5.74) is 0.203. The van der Waals surface area contributed by atoms with E-state index in [1.54, 1.807) is 25.4 Å². The summed E-state index contributed by atoms with van der Waals surface area (Å²) in [6, 6.07) is 4.65. The van der Waals surface area contributed by atoms with Crippen LogP contribution in [-0.2, 0) is 21.3 Å². The molecular weight excluding hydrogens is 480 g/mol. The number of carbonyl (C=O) groups excluding carboxylic acids is 1. The number of aromatic nitrogens is 1. The third-order valence-electron chi connectivity index (χ3n) is 7.44. The van der Waals surface area contributed by atoms with E-state index in [1.165, 1.54) is 10.4 Å². The molecule has 198 valence electrons. The van der Waals surface area contributed by atoms with E-state index in [1.807, 2.05) is 11.5 Å². The van der Waals surface area contributed by atoms with E-state index >= 15 is 0 Å². The van der Waals surface area contributed by atoms with Gasteiger partial charge in [-0.15, -0.1) is 0 Å². The quantitative estimate of drug-likeness (QED) is 0.512. The highest BCUT2D eigenvalue weighted by atomic mass is 32.2. The van der Waals surface area contributed by atoms with Crippen LogP contribution >= 0.6 is 0 Å². The molecular formula is C26H38N4O5S. The Hall–Kier alpha value is -2.27. The van der Waals surface area contributed by atoms with E-state index in [4.69, 9.17) is 4.74 Å². The van der Waals surface area contributed by atoms with Crippen molar-refractivity contribution in [3.8, 4) is 0 Å². The van der Waals surface area contributed by atoms with Crippen molar-refractivity contribution in [3.63, 3.8) is 0 Å². The second kappa shape index (κ2) is 11.9. The molecule has 0 atom stereocenters. The molecule has 10 heteroatoms. The Kier molecular flexibility index (Phi) is 8.82. The summed E-state index contributed by atoms with van der Waals surface area (Å²) < 4.78 is 35.4. The predicted octanol–water partition coefficient (Wildman–Crippen LogP) is 2.43. The number of benzene rings is 1. The summed E-state index contributed by atoms with van der Waals surface area (Å²) >= 11 is 0. The van der Waals surface area contributed by atoms with Gasteiger partial charge in [0.2, 0.25) is 15.5 Å². The van der Waals surface area contributed by atoms with E-state index in [2.05, 4.69) is 10.2 Å². The van der Waals surface area contributed by atoms with Gasteiger partial charge in [-0.3, -0.25) is 14.5 Å². The van der Waals surface area contributed by atoms with E-state index in [9.17, 15) is 18.0 Å². The number of nitrogens with one attached hydrogen (secondary N) is 1. The van der Waals surface area contributed by atoms with Crippen LogP contribution in [0, 0.1) is 0 Å². The van der Waals surface area contributed by atoms with Gasteiger partial charge in [0.1, 0.15) is 5.56 Å². The van der Waals surface area contributed by atoms with Crippen molar-refractivity contribution in [2.24, 2.45) is 0 Å². The number of pyridine rings is 1. The fourth-order valence-corrected chi connectivity index (χ4v) is 6.63. The number of ether oxygens (including phenoxy) is 1. The molecule has 2 aromatic rings. The number of carbonyl (C=O) groups is 1. The van der Waals surface area contributed by atoms with E-state index in [-0.39, 0.29) is 21.9 Å². The van der Waals surface area contributed by atoms with Gasteiger partial charge in [-0.2, -0.15) is 4.31 Å². The molecule has 0 radical (unpaired) electrons. The lowest BCUT2D eigenvalue weighted by molar-refractivity contribution is 0.0374. The largest absolute Gasteiger partial charge is 0.379 e. The zero-order valence-electron chi connectivity index (χ0n) is 21.4. The van der Waals surface area contributed by atoms with Gasteiger partial charge in [-0.25, -0.2) is 8.42 Å². The Labute approximate surface area is 213 Å². The molecule has 0 bridgehead atoms. The van der Waals surface area contributed by atoms with Gasteiger partial charge < -0.3 is 14.6 Å². The number of nitrogens with zero attached hydrogens (tertiary/aromatic N) is 3. The number of hydrogen-bond acceptors (Lipinski definition) is 6. The van der Waals surface area contributed by atoms with Crippen LogP contribution in [0.5, 0.6) is 0 Å². The lowest BCUT2D eigenvalue weighted by atomic mass is 9.96. The zero-order valence-corrected chi connectivity index (χ0v) is 22.2. The van der Waals surface area contributed by atoms with Crippen LogP contribution in [0.25, 0.3) is 10.9 Å². The molecule has 1 saturated carbocycles. The van der Waals surface area contributed by atoms with Crippen molar-refractivity contribution in [1.29, 1.82) is 0 Å². The molecule has 4 rings (SSSR count). The van der Waals surface area contributed by atoms with E-state index < -0.39 is 21.4 Å². The zero-order chi connectivity index (χ0) is 25.7. The number of fused-ring (bicyclic) bond motifs is 1. The summed E-state index contributed by atoms with van der Waals surface area (Å²) in [7, 11) is -2.13. The lowest BCUT2D eigenvalue weighted by Gasteiger charge is -2.30. The summed E-state index contributed by atoms with van der Waals surface area (Å²) in [6.45, 7) is 7.03. The van der Waals surface area contributed by atoms with Crippen LogP contribution in [0.1, 0.15) is 55.8 Å². The number of morpholine rings is 1. The number of sulfonamides is 1. The van der Waals surface area contributed by atoms with Crippen LogP contribution in [0.2, 0.25) is 0 Å². The maximum absolute atomic E-state index is 13.4. The van der Waals surface area contributed by atoms with Gasteiger partial charge in [0.15, 0.2) is 0 Å². The van der Waals surface area contributed by atoms with Crippen LogP contribution in [0.15, 0.2) is 34.1 Å². The number of amides is 1. The second-order valence-electron chi connectivity index (χ2n) is 9.71. The second-order valence-corrected chi connectivity index (χ2v) is 11.7. The number of rotatable bonds is 9. The molecule has 2 aliphatic rings. The average molecular weight is 519 g/mol. The molecule has 1 N–H and O–H groups in total. The Bertz CT molecular complexity index is 1230. The first kappa shape index (κ1) is 26.8. The topological polar surface area (TPSA) is 101 Å². The minimum Gasteiger partial charge on any atom is -0.379 e. The lowest BCUT2D eigenvalue weighted by Crippen LogP contribution is -2.38. The fourth-order valence-electron chi connectivity index (χ4n) is 5.19. The fraction of sp³-hybridized carbons (Fsp3) is 0.615. The highest BCUT2D eigenvalue weighted by Crippen LogP contribution is 2.27. The molecule has 0 unspecified atom stereocenters. The van der Waals surface area contributed by atoms with Gasteiger partial charge in [0.25, 0.3) is 5.91 Å². The minimum atomic E-state index is -3.76.